The molecule has 4 rings (SSSR count). The van der Waals surface area contributed by atoms with Gasteiger partial charge in [-0.25, -0.2) is 14.8 Å². The Bertz CT molecular complexity index is 1080. The molecule has 13 heteroatoms. The molecule has 0 bridgehead atoms. The Kier molecular flexibility index (Phi) is 7.99. The number of aromatic amines is 1. The minimum atomic E-state index is -5.08. The second-order valence-corrected chi connectivity index (χ2v) is 7.74. The molecular formula is C21H25F3N8O2. The van der Waals surface area contributed by atoms with Crippen molar-refractivity contribution in [2.45, 2.75) is 31.6 Å². The summed E-state index contributed by atoms with van der Waals surface area (Å²) in [5.41, 5.74) is 9.09. The molecule has 0 spiro atoms. The molecule has 0 amide bonds. The molecule has 4 N–H and O–H groups in total. The van der Waals surface area contributed by atoms with Crippen LogP contribution in [0.4, 0.5) is 25.1 Å². The predicted octanol–water partition coefficient (Wildman–Crippen LogP) is 2.46. The second kappa shape index (κ2) is 10.9. The van der Waals surface area contributed by atoms with Crippen molar-refractivity contribution in [3.05, 3.63) is 48.4 Å². The largest absolute Gasteiger partial charge is 0.490 e. The van der Waals surface area contributed by atoms with Gasteiger partial charge in [-0.3, -0.25) is 5.10 Å². The Morgan fingerprint density at radius 1 is 1.29 bits per heavy atom. The van der Waals surface area contributed by atoms with Gasteiger partial charge in [-0.15, -0.1) is 0 Å². The summed E-state index contributed by atoms with van der Waals surface area (Å²) in [6, 6.07) is 12.3. The summed E-state index contributed by atoms with van der Waals surface area (Å²) in [6.45, 7) is 2.35. The molecule has 1 saturated heterocycles. The van der Waals surface area contributed by atoms with Gasteiger partial charge in [0, 0.05) is 31.7 Å². The van der Waals surface area contributed by atoms with E-state index in [1.807, 2.05) is 42.3 Å². The number of nitrogens with one attached hydrogen (secondary N) is 1. The molecule has 1 aromatic carbocycles. The quantitative estimate of drug-likeness (QED) is 0.505. The second-order valence-electron chi connectivity index (χ2n) is 7.74. The number of aliphatic carboxylic acids is 1. The van der Waals surface area contributed by atoms with Gasteiger partial charge in [0.1, 0.15) is 6.33 Å². The van der Waals surface area contributed by atoms with Crippen LogP contribution in [0.2, 0.25) is 0 Å². The standard InChI is InChI=1S/C19H24N8.C2HF3O2/c1-26(12-16-10-17(25-24-16)14-6-3-2-4-7-14)18-21-13-22-19(23-18)27-9-5-8-15(20)11-27;3-2(4,5)1(6)7/h2-4,6-7,10,13,15H,5,8-9,11-12,20H2,1H3,(H,24,25);(H,6,7). The predicted molar refractivity (Wildman–Crippen MR) is 119 cm³/mol. The van der Waals surface area contributed by atoms with Crippen LogP contribution in [0.1, 0.15) is 18.5 Å². The van der Waals surface area contributed by atoms with E-state index in [1.54, 1.807) is 6.33 Å². The number of aromatic nitrogens is 5. The number of carboxylic acid groups (broad SMARTS) is 1. The van der Waals surface area contributed by atoms with E-state index in [1.165, 1.54) is 0 Å². The van der Waals surface area contributed by atoms with E-state index < -0.39 is 12.1 Å². The minimum absolute atomic E-state index is 0.179. The van der Waals surface area contributed by atoms with Crippen LogP contribution in [-0.2, 0) is 11.3 Å². The fourth-order valence-corrected chi connectivity index (χ4v) is 3.33. The smallest absolute Gasteiger partial charge is 0.475 e. The number of nitrogens with zero attached hydrogens (tertiary/aromatic N) is 6. The third-order valence-corrected chi connectivity index (χ3v) is 4.98. The number of rotatable bonds is 5. The molecular weight excluding hydrogens is 453 g/mol. The first kappa shape index (κ1) is 24.9. The van der Waals surface area contributed by atoms with Crippen LogP contribution in [0, 0.1) is 0 Å². The molecule has 1 aliphatic heterocycles. The minimum Gasteiger partial charge on any atom is -0.475 e. The number of piperidine rings is 1. The number of H-pyrrole nitrogens is 1. The molecule has 0 aliphatic carbocycles. The van der Waals surface area contributed by atoms with Gasteiger partial charge < -0.3 is 20.6 Å². The summed E-state index contributed by atoms with van der Waals surface area (Å²) in [7, 11) is 1.96. The molecule has 1 atom stereocenters. The summed E-state index contributed by atoms with van der Waals surface area (Å²) < 4.78 is 31.7. The summed E-state index contributed by atoms with van der Waals surface area (Å²) in [5, 5.41) is 14.6. The van der Waals surface area contributed by atoms with Crippen molar-refractivity contribution in [3.63, 3.8) is 0 Å². The highest BCUT2D eigenvalue weighted by molar-refractivity contribution is 5.73. The van der Waals surface area contributed by atoms with E-state index in [0.29, 0.717) is 18.4 Å². The fraction of sp³-hybridized carbons (Fsp3) is 0.381. The Labute approximate surface area is 193 Å². The lowest BCUT2D eigenvalue weighted by Gasteiger charge is -2.31. The first-order valence-corrected chi connectivity index (χ1v) is 10.4. The summed E-state index contributed by atoms with van der Waals surface area (Å²) in [4.78, 5) is 26.3. The molecule has 1 fully saturated rings. The maximum Gasteiger partial charge on any atom is 0.490 e. The average Bonchev–Trinajstić information content (AvgIpc) is 3.28. The van der Waals surface area contributed by atoms with Crippen molar-refractivity contribution < 1.29 is 23.1 Å². The third kappa shape index (κ3) is 6.88. The monoisotopic (exact) mass is 478 g/mol. The van der Waals surface area contributed by atoms with Crippen LogP contribution < -0.4 is 15.5 Å². The highest BCUT2D eigenvalue weighted by Crippen LogP contribution is 2.20. The van der Waals surface area contributed by atoms with Crippen LogP contribution in [0.5, 0.6) is 0 Å². The maximum absolute atomic E-state index is 10.6. The van der Waals surface area contributed by atoms with Gasteiger partial charge in [0.05, 0.1) is 17.9 Å². The van der Waals surface area contributed by atoms with Gasteiger partial charge >= 0.3 is 12.1 Å². The fourth-order valence-electron chi connectivity index (χ4n) is 3.33. The van der Waals surface area contributed by atoms with Gasteiger partial charge in [0.25, 0.3) is 0 Å². The summed E-state index contributed by atoms with van der Waals surface area (Å²) in [6.07, 6.45) is -1.40. The lowest BCUT2D eigenvalue weighted by Crippen LogP contribution is -2.43. The Balaban J connectivity index is 0.000000406. The van der Waals surface area contributed by atoms with E-state index in [2.05, 4.69) is 36.1 Å². The maximum atomic E-state index is 10.6. The Morgan fingerprint density at radius 3 is 2.65 bits per heavy atom. The first-order chi connectivity index (χ1) is 16.1. The molecule has 182 valence electrons. The number of carboxylic acids is 1. The molecule has 1 unspecified atom stereocenters. The van der Waals surface area contributed by atoms with Crippen molar-refractivity contribution in [2.75, 3.05) is 29.9 Å². The van der Waals surface area contributed by atoms with Crippen molar-refractivity contribution in [1.82, 2.24) is 25.1 Å². The van der Waals surface area contributed by atoms with Crippen molar-refractivity contribution in [2.24, 2.45) is 5.73 Å². The number of hydrogen-bond donors (Lipinski definition) is 3. The molecule has 0 saturated carbocycles. The highest BCUT2D eigenvalue weighted by atomic mass is 19.4. The average molecular weight is 478 g/mol. The first-order valence-electron chi connectivity index (χ1n) is 10.4. The van der Waals surface area contributed by atoms with Gasteiger partial charge in [-0.2, -0.15) is 23.3 Å². The number of hydrogen-bond acceptors (Lipinski definition) is 8. The Morgan fingerprint density at radius 2 is 2.00 bits per heavy atom. The zero-order valence-corrected chi connectivity index (χ0v) is 18.4. The van der Waals surface area contributed by atoms with Crippen LogP contribution in [-0.4, -0.2) is 68.6 Å². The van der Waals surface area contributed by atoms with Crippen LogP contribution in [0.15, 0.2) is 42.7 Å². The number of alkyl halides is 3. The van der Waals surface area contributed by atoms with Crippen LogP contribution in [0.3, 0.4) is 0 Å². The number of benzene rings is 1. The summed E-state index contributed by atoms with van der Waals surface area (Å²) >= 11 is 0. The van der Waals surface area contributed by atoms with Crippen LogP contribution in [0.25, 0.3) is 11.3 Å². The van der Waals surface area contributed by atoms with E-state index in [-0.39, 0.29) is 6.04 Å². The zero-order valence-electron chi connectivity index (χ0n) is 18.4. The van der Waals surface area contributed by atoms with Crippen molar-refractivity contribution in [3.8, 4) is 11.3 Å². The highest BCUT2D eigenvalue weighted by Gasteiger charge is 2.38. The van der Waals surface area contributed by atoms with Gasteiger partial charge in [0.2, 0.25) is 11.9 Å². The van der Waals surface area contributed by atoms with E-state index >= 15 is 0 Å². The molecule has 1 aliphatic rings. The topological polar surface area (TPSA) is 137 Å². The van der Waals surface area contributed by atoms with Crippen molar-refractivity contribution in [1.29, 1.82) is 0 Å². The number of anilines is 2. The van der Waals surface area contributed by atoms with E-state index in [9.17, 15) is 13.2 Å². The van der Waals surface area contributed by atoms with Crippen LogP contribution >= 0.6 is 0 Å². The van der Waals surface area contributed by atoms with Gasteiger partial charge in [-0.1, -0.05) is 30.3 Å². The molecule has 34 heavy (non-hydrogen) atoms. The van der Waals surface area contributed by atoms with E-state index in [0.717, 1.165) is 42.9 Å². The lowest BCUT2D eigenvalue weighted by atomic mass is 10.1. The lowest BCUT2D eigenvalue weighted by molar-refractivity contribution is -0.192. The molecule has 3 aromatic rings. The number of halogens is 3. The van der Waals surface area contributed by atoms with Crippen molar-refractivity contribution >= 4 is 17.9 Å². The molecule has 2 aromatic heterocycles. The molecule has 10 nitrogen and oxygen atoms in total. The zero-order chi connectivity index (χ0) is 24.7. The number of carbonyl (C=O) groups is 1. The SMILES string of the molecule is CN(Cc1cc(-c2ccccc2)n[nH]1)c1ncnc(N2CCCC(N)C2)n1.O=C(O)C(F)(F)F. The number of nitrogens with two attached hydrogens (primary N) is 1. The third-order valence-electron chi connectivity index (χ3n) is 4.98. The van der Waals surface area contributed by atoms with Gasteiger partial charge in [-0.05, 0) is 18.9 Å². The van der Waals surface area contributed by atoms with Gasteiger partial charge in [0.15, 0.2) is 0 Å². The molecule has 0 radical (unpaired) electrons. The van der Waals surface area contributed by atoms with E-state index in [4.69, 9.17) is 15.6 Å². The normalized spacial score (nSPS) is 15.9. The Hall–Kier alpha value is -3.74. The molecule has 3 heterocycles. The summed E-state index contributed by atoms with van der Waals surface area (Å²) in [5.74, 6) is -1.43.